The van der Waals surface area contributed by atoms with E-state index in [0.29, 0.717) is 12.8 Å². The maximum atomic E-state index is 13.3. The molecule has 1 fully saturated rings. The summed E-state index contributed by atoms with van der Waals surface area (Å²) in [7, 11) is -3.56. The molecule has 0 aromatic rings. The van der Waals surface area contributed by atoms with E-state index in [4.69, 9.17) is 13.8 Å². The van der Waals surface area contributed by atoms with Crippen LogP contribution in [0.4, 0.5) is 0 Å². The van der Waals surface area contributed by atoms with E-state index in [1.807, 2.05) is 0 Å². The third kappa shape index (κ3) is 4.65. The molecule has 0 saturated carbocycles. The Morgan fingerprint density at radius 2 is 2.00 bits per heavy atom. The zero-order valence-electron chi connectivity index (χ0n) is 16.9. The van der Waals surface area contributed by atoms with Crippen molar-refractivity contribution in [3.05, 3.63) is 12.2 Å². The fourth-order valence-corrected chi connectivity index (χ4v) is 6.01. The molecule has 2 rings (SSSR count). The van der Waals surface area contributed by atoms with Crippen LogP contribution in [0.5, 0.6) is 0 Å². The highest BCUT2D eigenvalue weighted by Gasteiger charge is 2.50. The minimum absolute atomic E-state index is 0.187. The van der Waals surface area contributed by atoms with Crippen molar-refractivity contribution in [3.8, 4) is 6.07 Å². The van der Waals surface area contributed by atoms with Gasteiger partial charge in [0.25, 0.3) is 0 Å². The lowest BCUT2D eigenvalue weighted by Crippen LogP contribution is -2.51. The van der Waals surface area contributed by atoms with Crippen LogP contribution in [0.2, 0.25) is 0 Å². The van der Waals surface area contributed by atoms with Crippen LogP contribution >= 0.6 is 7.60 Å². The van der Waals surface area contributed by atoms with Crippen LogP contribution in [0.15, 0.2) is 12.2 Å². The van der Waals surface area contributed by atoms with Gasteiger partial charge in [-0.2, -0.15) is 5.26 Å². The Hall–Kier alpha value is -1.68. The molecule has 2 aliphatic rings. The average Bonchev–Trinajstić information content (AvgIpc) is 3.02. The summed E-state index contributed by atoms with van der Waals surface area (Å²) < 4.78 is 29.5. The normalized spacial score (nSPS) is 27.9. The standard InChI is InChI=1S/C19H29N2O6P/c1-5-25-28(24,26-6-2)17-9-7-8-15(14(17)12-20)21-16(10-11-18(21)22)19(23)27-13(3)4/h7-8,13-17H,5-6,9-11H2,1-4H3/t14-,15+,16-,17-/m0/s1. The van der Waals surface area contributed by atoms with Crippen LogP contribution in [0.25, 0.3) is 0 Å². The van der Waals surface area contributed by atoms with Crippen molar-refractivity contribution in [3.63, 3.8) is 0 Å². The summed E-state index contributed by atoms with van der Waals surface area (Å²) in [5, 5.41) is 9.88. The van der Waals surface area contributed by atoms with Crippen LogP contribution in [-0.4, -0.2) is 53.8 Å². The van der Waals surface area contributed by atoms with Crippen molar-refractivity contribution in [1.82, 2.24) is 4.90 Å². The van der Waals surface area contributed by atoms with E-state index in [1.165, 1.54) is 4.90 Å². The highest BCUT2D eigenvalue weighted by Crippen LogP contribution is 2.58. The molecule has 0 radical (unpaired) electrons. The lowest BCUT2D eigenvalue weighted by atomic mass is 9.88. The van der Waals surface area contributed by atoms with Gasteiger partial charge in [0.05, 0.1) is 43.0 Å². The van der Waals surface area contributed by atoms with Gasteiger partial charge >= 0.3 is 13.6 Å². The first-order valence-corrected chi connectivity index (χ1v) is 11.4. The summed E-state index contributed by atoms with van der Waals surface area (Å²) >= 11 is 0. The third-order valence-corrected chi connectivity index (χ3v) is 7.45. The van der Waals surface area contributed by atoms with Gasteiger partial charge in [0.2, 0.25) is 5.91 Å². The number of ether oxygens (including phenoxy) is 1. The quantitative estimate of drug-likeness (QED) is 0.343. The lowest BCUT2D eigenvalue weighted by Gasteiger charge is -2.40. The van der Waals surface area contributed by atoms with Crippen molar-refractivity contribution in [2.45, 2.75) is 70.8 Å². The van der Waals surface area contributed by atoms with E-state index >= 15 is 0 Å². The number of hydrogen-bond donors (Lipinski definition) is 0. The second-order valence-corrected chi connectivity index (χ2v) is 9.35. The molecule has 1 aliphatic heterocycles. The second-order valence-electron chi connectivity index (χ2n) is 7.09. The Morgan fingerprint density at radius 1 is 1.36 bits per heavy atom. The molecule has 156 valence electrons. The molecular formula is C19H29N2O6P. The van der Waals surface area contributed by atoms with Gasteiger partial charge in [-0.1, -0.05) is 12.2 Å². The number of amides is 1. The van der Waals surface area contributed by atoms with E-state index in [0.717, 1.165) is 0 Å². The molecule has 0 unspecified atom stereocenters. The number of allylic oxidation sites excluding steroid dienone is 1. The fraction of sp³-hybridized carbons (Fsp3) is 0.737. The highest BCUT2D eigenvalue weighted by atomic mass is 31.2. The van der Waals surface area contributed by atoms with Crippen LogP contribution in [0.3, 0.4) is 0 Å². The van der Waals surface area contributed by atoms with E-state index in [1.54, 1.807) is 39.8 Å². The van der Waals surface area contributed by atoms with Gasteiger partial charge in [0, 0.05) is 6.42 Å². The maximum absolute atomic E-state index is 13.3. The molecule has 0 aromatic heterocycles. The van der Waals surface area contributed by atoms with Crippen molar-refractivity contribution < 1.29 is 27.9 Å². The SMILES string of the molecule is CCOP(=O)(OCC)[C@H]1CC=C[C@@H](N2C(=O)CC[C@H]2C(=O)OC(C)C)[C@@H]1C#N. The molecule has 9 heteroatoms. The number of nitriles is 1. The number of likely N-dealkylation sites (tertiary alicyclic amines) is 1. The first-order chi connectivity index (χ1) is 13.3. The number of carbonyl (C=O) groups excluding carboxylic acids is 2. The summed E-state index contributed by atoms with van der Waals surface area (Å²) in [6.45, 7) is 7.29. The molecule has 4 atom stereocenters. The predicted molar refractivity (Wildman–Crippen MR) is 102 cm³/mol. The Balaban J connectivity index is 2.35. The van der Waals surface area contributed by atoms with Crippen LogP contribution in [0, 0.1) is 17.2 Å². The average molecular weight is 412 g/mol. The molecule has 0 N–H and O–H groups in total. The van der Waals surface area contributed by atoms with Gasteiger partial charge in [-0.15, -0.1) is 0 Å². The van der Waals surface area contributed by atoms with Crippen LogP contribution in [-0.2, 0) is 27.9 Å². The number of rotatable bonds is 8. The van der Waals surface area contributed by atoms with Crippen molar-refractivity contribution in [2.75, 3.05) is 13.2 Å². The first-order valence-electron chi connectivity index (χ1n) is 9.75. The predicted octanol–water partition coefficient (Wildman–Crippen LogP) is 3.03. The van der Waals surface area contributed by atoms with Crippen LogP contribution < -0.4 is 0 Å². The molecule has 0 aromatic carbocycles. The number of carbonyl (C=O) groups is 2. The number of nitrogens with zero attached hydrogens (tertiary/aromatic N) is 2. The van der Waals surface area contributed by atoms with E-state index in [2.05, 4.69) is 6.07 Å². The monoisotopic (exact) mass is 412 g/mol. The zero-order chi connectivity index (χ0) is 20.9. The van der Waals surface area contributed by atoms with E-state index < -0.39 is 37.2 Å². The molecular weight excluding hydrogens is 383 g/mol. The molecule has 28 heavy (non-hydrogen) atoms. The number of esters is 1. The van der Waals surface area contributed by atoms with Crippen molar-refractivity contribution in [1.29, 1.82) is 5.26 Å². The van der Waals surface area contributed by atoms with Gasteiger partial charge in [0.15, 0.2) is 0 Å². The highest BCUT2D eigenvalue weighted by molar-refractivity contribution is 7.54. The Labute approximate surface area is 166 Å². The first kappa shape index (κ1) is 22.6. The second kappa shape index (κ2) is 9.69. The zero-order valence-corrected chi connectivity index (χ0v) is 17.8. The minimum Gasteiger partial charge on any atom is -0.461 e. The van der Waals surface area contributed by atoms with Crippen molar-refractivity contribution >= 4 is 19.5 Å². The summed E-state index contributed by atoms with van der Waals surface area (Å²) in [5.41, 5.74) is -0.706. The van der Waals surface area contributed by atoms with E-state index in [-0.39, 0.29) is 31.6 Å². The van der Waals surface area contributed by atoms with Gasteiger partial charge in [-0.25, -0.2) is 4.79 Å². The minimum atomic E-state index is -3.56. The molecule has 1 amide bonds. The molecule has 0 bridgehead atoms. The Bertz CT molecular complexity index is 691. The molecule has 0 spiro atoms. The molecule has 1 heterocycles. The molecule has 1 saturated heterocycles. The summed E-state index contributed by atoms with van der Waals surface area (Å²) in [4.78, 5) is 26.5. The lowest BCUT2D eigenvalue weighted by molar-refractivity contribution is -0.156. The third-order valence-electron chi connectivity index (χ3n) is 4.87. The summed E-state index contributed by atoms with van der Waals surface area (Å²) in [6, 6.07) is 0.760. The number of hydrogen-bond acceptors (Lipinski definition) is 7. The van der Waals surface area contributed by atoms with Gasteiger partial charge < -0.3 is 18.7 Å². The Kier molecular flexibility index (Phi) is 7.82. The maximum Gasteiger partial charge on any atom is 0.335 e. The Morgan fingerprint density at radius 3 is 2.54 bits per heavy atom. The smallest absolute Gasteiger partial charge is 0.335 e. The van der Waals surface area contributed by atoms with E-state index in [9.17, 15) is 19.4 Å². The largest absolute Gasteiger partial charge is 0.461 e. The van der Waals surface area contributed by atoms with Gasteiger partial charge in [-0.05, 0) is 40.5 Å². The van der Waals surface area contributed by atoms with Gasteiger partial charge in [0.1, 0.15) is 6.04 Å². The topological polar surface area (TPSA) is 106 Å². The fourth-order valence-electron chi connectivity index (χ4n) is 3.81. The summed E-state index contributed by atoms with van der Waals surface area (Å²) in [6.07, 6.45) is 4.11. The van der Waals surface area contributed by atoms with Gasteiger partial charge in [-0.3, -0.25) is 9.36 Å². The summed E-state index contributed by atoms with van der Waals surface area (Å²) in [5.74, 6) is -1.51. The van der Waals surface area contributed by atoms with Crippen LogP contribution in [0.1, 0.15) is 47.0 Å². The van der Waals surface area contributed by atoms with Crippen molar-refractivity contribution in [2.24, 2.45) is 5.92 Å². The molecule has 8 nitrogen and oxygen atoms in total. The molecule has 1 aliphatic carbocycles.